The van der Waals surface area contributed by atoms with E-state index in [-0.39, 0.29) is 5.91 Å². The first kappa shape index (κ1) is 15.9. The molecule has 122 valence electrons. The Morgan fingerprint density at radius 1 is 1.41 bits per heavy atom. The fourth-order valence-corrected chi connectivity index (χ4v) is 5.48. The average molecular weight is 343 g/mol. The molecule has 0 unspecified atom stereocenters. The van der Waals surface area contributed by atoms with Crippen molar-refractivity contribution < 1.29 is 13.2 Å². The van der Waals surface area contributed by atoms with Gasteiger partial charge in [0.15, 0.2) is 5.13 Å². The molecule has 2 atom stereocenters. The third-order valence-corrected chi connectivity index (χ3v) is 6.67. The number of aromatic nitrogens is 1. The predicted molar refractivity (Wildman–Crippen MR) is 86.5 cm³/mol. The first-order valence-corrected chi connectivity index (χ1v) is 10.3. The minimum Gasteiger partial charge on any atom is -0.301 e. The van der Waals surface area contributed by atoms with E-state index in [0.717, 1.165) is 37.6 Å². The number of hydrogen-bond acceptors (Lipinski definition) is 5. The highest BCUT2D eigenvalue weighted by molar-refractivity contribution is 7.88. The quantitative estimate of drug-likeness (QED) is 0.905. The Hall–Kier alpha value is -0.990. The molecule has 0 aromatic carbocycles. The van der Waals surface area contributed by atoms with E-state index in [1.807, 2.05) is 0 Å². The molecule has 0 radical (unpaired) electrons. The Morgan fingerprint density at radius 3 is 2.91 bits per heavy atom. The van der Waals surface area contributed by atoms with Gasteiger partial charge in [-0.1, -0.05) is 6.92 Å². The van der Waals surface area contributed by atoms with Crippen LogP contribution in [0.3, 0.4) is 0 Å². The minimum atomic E-state index is -3.34. The Balaban J connectivity index is 1.72. The van der Waals surface area contributed by atoms with Crippen molar-refractivity contribution in [1.29, 1.82) is 0 Å². The van der Waals surface area contributed by atoms with Crippen molar-refractivity contribution in [1.82, 2.24) is 9.29 Å². The summed E-state index contributed by atoms with van der Waals surface area (Å²) in [4.78, 5) is 18.2. The van der Waals surface area contributed by atoms with Gasteiger partial charge in [0.2, 0.25) is 15.9 Å². The van der Waals surface area contributed by atoms with Crippen LogP contribution in [0.25, 0.3) is 0 Å². The second-order valence-corrected chi connectivity index (χ2v) is 9.28. The van der Waals surface area contributed by atoms with E-state index >= 15 is 0 Å². The molecule has 0 saturated carbocycles. The molecule has 0 bridgehead atoms. The summed E-state index contributed by atoms with van der Waals surface area (Å²) < 4.78 is 24.7. The molecule has 8 heteroatoms. The lowest BCUT2D eigenvalue weighted by atomic mass is 9.93. The number of aryl methyl sites for hydroxylation is 1. The maximum absolute atomic E-state index is 12.4. The summed E-state index contributed by atoms with van der Waals surface area (Å²) in [5, 5.41) is 3.42. The number of sulfonamides is 1. The lowest BCUT2D eigenvalue weighted by Crippen LogP contribution is -2.42. The summed E-state index contributed by atoms with van der Waals surface area (Å²) in [6, 6.07) is -0.602. The number of nitrogens with one attached hydrogen (secondary N) is 1. The number of nitrogens with zero attached hydrogens (tertiary/aromatic N) is 2. The van der Waals surface area contributed by atoms with Gasteiger partial charge < -0.3 is 5.32 Å². The minimum absolute atomic E-state index is 0.262. The Morgan fingerprint density at radius 2 is 2.18 bits per heavy atom. The topological polar surface area (TPSA) is 79.4 Å². The molecule has 0 spiro atoms. The van der Waals surface area contributed by atoms with Crippen LogP contribution >= 0.6 is 11.3 Å². The number of rotatable bonds is 3. The van der Waals surface area contributed by atoms with E-state index in [9.17, 15) is 13.2 Å². The average Bonchev–Trinajstić information content (AvgIpc) is 3.02. The van der Waals surface area contributed by atoms with E-state index < -0.39 is 16.1 Å². The fraction of sp³-hybridized carbons (Fsp3) is 0.714. The molecule has 2 aliphatic rings. The van der Waals surface area contributed by atoms with Gasteiger partial charge in [0.25, 0.3) is 0 Å². The maximum atomic E-state index is 12.4. The van der Waals surface area contributed by atoms with Crippen molar-refractivity contribution in [2.75, 3.05) is 18.1 Å². The summed E-state index contributed by atoms with van der Waals surface area (Å²) in [6.45, 7) is 2.65. The molecule has 2 heterocycles. The highest BCUT2D eigenvalue weighted by atomic mass is 32.2. The first-order valence-electron chi connectivity index (χ1n) is 7.61. The molecule has 1 N–H and O–H groups in total. The zero-order valence-electron chi connectivity index (χ0n) is 12.8. The van der Waals surface area contributed by atoms with Crippen LogP contribution in [-0.4, -0.2) is 42.5 Å². The van der Waals surface area contributed by atoms with Gasteiger partial charge in [-0.15, -0.1) is 11.3 Å². The van der Waals surface area contributed by atoms with Crippen LogP contribution in [0.4, 0.5) is 5.13 Å². The van der Waals surface area contributed by atoms with Crippen molar-refractivity contribution in [2.24, 2.45) is 5.92 Å². The molecular formula is C14H21N3O3S2. The number of carbonyl (C=O) groups excluding carboxylic acids is 1. The molecule has 22 heavy (non-hydrogen) atoms. The third-order valence-electron chi connectivity index (χ3n) is 4.35. The molecule has 1 aromatic rings. The van der Waals surface area contributed by atoms with Crippen LogP contribution in [0.5, 0.6) is 0 Å². The van der Waals surface area contributed by atoms with Crippen LogP contribution in [0.1, 0.15) is 36.8 Å². The second-order valence-electron chi connectivity index (χ2n) is 6.26. The maximum Gasteiger partial charge on any atom is 0.244 e. The van der Waals surface area contributed by atoms with Crippen LogP contribution in [0.2, 0.25) is 0 Å². The van der Waals surface area contributed by atoms with Crippen molar-refractivity contribution >= 4 is 32.4 Å². The molecule has 1 fully saturated rings. The van der Waals surface area contributed by atoms with Crippen LogP contribution in [0, 0.1) is 5.92 Å². The number of hydrogen-bond donors (Lipinski definition) is 1. The molecular weight excluding hydrogens is 322 g/mol. The summed E-state index contributed by atoms with van der Waals surface area (Å²) in [5.74, 6) is 0.397. The van der Waals surface area contributed by atoms with Crippen molar-refractivity contribution in [3.8, 4) is 0 Å². The third kappa shape index (κ3) is 3.18. The molecule has 3 rings (SSSR count). The molecule has 6 nitrogen and oxygen atoms in total. The second kappa shape index (κ2) is 5.90. The predicted octanol–water partition coefficient (Wildman–Crippen LogP) is 1.63. The largest absolute Gasteiger partial charge is 0.301 e. The Labute approximate surface area is 135 Å². The first-order chi connectivity index (χ1) is 10.3. The highest BCUT2D eigenvalue weighted by Gasteiger charge is 2.36. The van der Waals surface area contributed by atoms with Crippen molar-refractivity contribution in [3.63, 3.8) is 0 Å². The molecule has 1 aromatic heterocycles. The SMILES string of the molecule is C[C@@H]1CCc2nc(NC(=O)[C@H]3CCCN3S(C)(=O)=O)sc2C1. The molecule has 1 aliphatic carbocycles. The van der Waals surface area contributed by atoms with E-state index in [1.54, 1.807) is 0 Å². The van der Waals surface area contributed by atoms with Gasteiger partial charge in [-0.2, -0.15) is 4.31 Å². The van der Waals surface area contributed by atoms with Gasteiger partial charge >= 0.3 is 0 Å². The lowest BCUT2D eigenvalue weighted by molar-refractivity contribution is -0.119. The summed E-state index contributed by atoms with van der Waals surface area (Å²) >= 11 is 1.52. The monoisotopic (exact) mass is 343 g/mol. The van der Waals surface area contributed by atoms with Gasteiger partial charge in [-0.25, -0.2) is 13.4 Å². The van der Waals surface area contributed by atoms with Crippen LogP contribution < -0.4 is 5.32 Å². The summed E-state index contributed by atoms with van der Waals surface area (Å²) in [5.41, 5.74) is 1.09. The number of amides is 1. The number of carbonyl (C=O) groups is 1. The number of fused-ring (bicyclic) bond motifs is 1. The van der Waals surface area contributed by atoms with Crippen molar-refractivity contribution in [3.05, 3.63) is 10.6 Å². The van der Waals surface area contributed by atoms with Gasteiger partial charge in [-0.05, 0) is 38.0 Å². The van der Waals surface area contributed by atoms with E-state index in [4.69, 9.17) is 0 Å². The van der Waals surface area contributed by atoms with Crippen LogP contribution in [0.15, 0.2) is 0 Å². The summed E-state index contributed by atoms with van der Waals surface area (Å²) in [7, 11) is -3.34. The standard InChI is InChI=1S/C14H21N3O3S2/c1-9-5-6-10-12(8-9)21-14(15-10)16-13(18)11-4-3-7-17(11)22(2,19)20/h9,11H,3-8H2,1-2H3,(H,15,16,18)/t9-,11-/m1/s1. The number of anilines is 1. The van der Waals surface area contributed by atoms with Gasteiger partial charge in [0.1, 0.15) is 6.04 Å². The zero-order valence-corrected chi connectivity index (χ0v) is 14.5. The normalized spacial score (nSPS) is 25.9. The highest BCUT2D eigenvalue weighted by Crippen LogP contribution is 2.32. The van der Waals surface area contributed by atoms with E-state index in [0.29, 0.717) is 24.0 Å². The zero-order chi connectivity index (χ0) is 15.9. The Bertz CT molecular complexity index is 684. The Kier molecular flexibility index (Phi) is 4.26. The van der Waals surface area contributed by atoms with E-state index in [2.05, 4.69) is 17.2 Å². The van der Waals surface area contributed by atoms with Gasteiger partial charge in [0, 0.05) is 11.4 Å². The van der Waals surface area contributed by atoms with Gasteiger partial charge in [-0.3, -0.25) is 4.79 Å². The summed E-state index contributed by atoms with van der Waals surface area (Å²) in [6.07, 6.45) is 5.55. The number of thiazole rings is 1. The van der Waals surface area contributed by atoms with Gasteiger partial charge in [0.05, 0.1) is 11.9 Å². The van der Waals surface area contributed by atoms with Crippen LogP contribution in [-0.2, 0) is 27.7 Å². The molecule has 1 saturated heterocycles. The van der Waals surface area contributed by atoms with E-state index in [1.165, 1.54) is 20.5 Å². The fourth-order valence-electron chi connectivity index (χ4n) is 3.18. The smallest absolute Gasteiger partial charge is 0.244 e. The lowest BCUT2D eigenvalue weighted by Gasteiger charge is -2.20. The molecule has 1 amide bonds. The van der Waals surface area contributed by atoms with Crippen molar-refractivity contribution in [2.45, 2.75) is 45.1 Å². The molecule has 1 aliphatic heterocycles.